The molecule has 0 amide bonds. The van der Waals surface area contributed by atoms with Crippen LogP contribution in [0.15, 0.2) is 97.1 Å². The highest BCUT2D eigenvalue weighted by atomic mass is 79.9. The van der Waals surface area contributed by atoms with Crippen molar-refractivity contribution >= 4 is 39.9 Å². The number of carbonyl (C=O) groups excluding carboxylic acids is 2. The molecule has 4 aromatic carbocycles. The molecule has 7 heteroatoms. The maximum atomic E-state index is 12.0. The molecule has 0 spiro atoms. The Labute approximate surface area is 307 Å². The van der Waals surface area contributed by atoms with Crippen molar-refractivity contribution in [1.29, 1.82) is 0 Å². The Morgan fingerprint density at radius 1 is 0.612 bits per heavy atom. The van der Waals surface area contributed by atoms with Gasteiger partial charge in [-0.25, -0.2) is 0 Å². The third kappa shape index (κ3) is 9.99. The number of halogens is 2. The van der Waals surface area contributed by atoms with Gasteiger partial charge in [-0.1, -0.05) is 134 Å². The SMILES string of the molecule is CCN(CC)CC.Cl.NC1Cc2ccccc2C1.O=C1CC(Br)c2ccccc21.O=C1CC(NC2Cc3ccccc3C2)c2ccccc21. The second-order valence-electron chi connectivity index (χ2n) is 13.0. The second kappa shape index (κ2) is 18.7. The summed E-state index contributed by atoms with van der Waals surface area (Å²) in [5, 5.41) is 3.69. The van der Waals surface area contributed by atoms with E-state index in [9.17, 15) is 9.59 Å². The molecule has 4 aliphatic carbocycles. The predicted molar refractivity (Wildman–Crippen MR) is 208 cm³/mol. The van der Waals surface area contributed by atoms with E-state index in [0.29, 0.717) is 24.9 Å². The number of nitrogens with one attached hydrogen (secondary N) is 1. The van der Waals surface area contributed by atoms with Crippen molar-refractivity contribution in [3.63, 3.8) is 0 Å². The lowest BCUT2D eigenvalue weighted by Crippen LogP contribution is -2.32. The standard InChI is InChI=1S/C18H17NO.C9H7BrO.C9H11N.C6H15N.ClH/c20-18-11-17(15-7-3-4-8-16(15)18)19-14-9-12-5-1-2-6-13(12)10-14;10-8-5-9(11)7-4-2-1-3-6(7)8;10-9-5-7-3-1-2-4-8(7)6-9;1-4-7(5-2)6-3;/h1-8,14,17,19H,9-11H2;1-4,8H,5H2;1-4,9H,5-6,10H2;4-6H2,1-3H3;1H. The maximum Gasteiger partial charge on any atom is 0.165 e. The zero-order valence-corrected chi connectivity index (χ0v) is 31.4. The number of carbonyl (C=O) groups is 2. The van der Waals surface area contributed by atoms with Crippen LogP contribution in [0, 0.1) is 0 Å². The fourth-order valence-electron chi connectivity index (χ4n) is 7.24. The number of hydrogen-bond donors (Lipinski definition) is 2. The molecule has 3 N–H and O–H groups in total. The number of ketones is 2. The number of alkyl halides is 1. The van der Waals surface area contributed by atoms with Crippen LogP contribution in [0.3, 0.4) is 0 Å². The molecule has 0 saturated heterocycles. The minimum Gasteiger partial charge on any atom is -0.327 e. The highest BCUT2D eigenvalue weighted by Crippen LogP contribution is 2.37. The first-order valence-corrected chi connectivity index (χ1v) is 18.5. The van der Waals surface area contributed by atoms with E-state index in [4.69, 9.17) is 5.73 Å². The van der Waals surface area contributed by atoms with Gasteiger partial charge < -0.3 is 16.0 Å². The average molecular weight is 745 g/mol. The van der Waals surface area contributed by atoms with E-state index in [1.54, 1.807) is 0 Å². The van der Waals surface area contributed by atoms with Crippen LogP contribution in [0.5, 0.6) is 0 Å². The number of benzene rings is 4. The summed E-state index contributed by atoms with van der Waals surface area (Å²) in [7, 11) is 0. The Morgan fingerprint density at radius 3 is 1.49 bits per heavy atom. The number of nitrogens with zero attached hydrogens (tertiary/aromatic N) is 1. The van der Waals surface area contributed by atoms with Crippen LogP contribution in [0.1, 0.15) is 98.6 Å². The fourth-order valence-corrected chi connectivity index (χ4v) is 7.93. The lowest BCUT2D eigenvalue weighted by molar-refractivity contribution is 0.0980. The summed E-state index contributed by atoms with van der Waals surface area (Å²) in [6.07, 6.45) is 5.49. The molecule has 0 saturated carbocycles. The molecule has 4 aromatic rings. The zero-order chi connectivity index (χ0) is 34.0. The molecule has 0 aromatic heterocycles. The van der Waals surface area contributed by atoms with Crippen molar-refractivity contribution in [2.45, 2.75) is 82.2 Å². The van der Waals surface area contributed by atoms with Gasteiger partial charge in [0.25, 0.3) is 0 Å². The van der Waals surface area contributed by atoms with E-state index >= 15 is 0 Å². The van der Waals surface area contributed by atoms with Crippen molar-refractivity contribution in [3.05, 3.63) is 142 Å². The minimum absolute atomic E-state index is 0. The van der Waals surface area contributed by atoms with Crippen molar-refractivity contribution < 1.29 is 9.59 Å². The van der Waals surface area contributed by atoms with E-state index in [-0.39, 0.29) is 34.8 Å². The van der Waals surface area contributed by atoms with Crippen molar-refractivity contribution in [3.8, 4) is 0 Å². The molecule has 0 heterocycles. The van der Waals surface area contributed by atoms with Crippen LogP contribution >= 0.6 is 28.3 Å². The lowest BCUT2D eigenvalue weighted by Gasteiger charge is -2.19. The van der Waals surface area contributed by atoms with Crippen LogP contribution in [0.25, 0.3) is 0 Å². The van der Waals surface area contributed by atoms with Crippen molar-refractivity contribution in [2.75, 3.05) is 19.6 Å². The first-order chi connectivity index (χ1) is 23.3. The van der Waals surface area contributed by atoms with Gasteiger partial charge in [0.15, 0.2) is 11.6 Å². The third-order valence-electron chi connectivity index (χ3n) is 9.90. The Balaban J connectivity index is 0.000000160. The summed E-state index contributed by atoms with van der Waals surface area (Å²) in [4.78, 5) is 25.9. The van der Waals surface area contributed by atoms with E-state index in [0.717, 1.165) is 42.4 Å². The molecule has 5 nitrogen and oxygen atoms in total. The summed E-state index contributed by atoms with van der Waals surface area (Å²) in [5.74, 6) is 0.524. The first kappa shape index (κ1) is 38.7. The molecule has 0 radical (unpaired) electrons. The molecule has 2 atom stereocenters. The average Bonchev–Trinajstić information content (AvgIpc) is 3.86. The van der Waals surface area contributed by atoms with E-state index in [1.807, 2.05) is 42.5 Å². The number of rotatable bonds is 5. The number of nitrogens with two attached hydrogens (primary N) is 1. The van der Waals surface area contributed by atoms with E-state index in [2.05, 4.69) is 102 Å². The molecule has 260 valence electrons. The van der Waals surface area contributed by atoms with Gasteiger partial charge in [-0.3, -0.25) is 9.59 Å². The summed E-state index contributed by atoms with van der Waals surface area (Å²) in [5.41, 5.74) is 15.7. The van der Waals surface area contributed by atoms with Crippen LogP contribution in [0.2, 0.25) is 0 Å². The summed E-state index contributed by atoms with van der Waals surface area (Å²) in [6, 6.07) is 33.9. The number of hydrogen-bond acceptors (Lipinski definition) is 5. The smallest absolute Gasteiger partial charge is 0.165 e. The second-order valence-corrected chi connectivity index (χ2v) is 14.2. The lowest BCUT2D eigenvalue weighted by atomic mass is 10.1. The van der Waals surface area contributed by atoms with Crippen molar-refractivity contribution in [2.24, 2.45) is 5.73 Å². The van der Waals surface area contributed by atoms with Gasteiger partial charge in [-0.05, 0) is 78.7 Å². The van der Waals surface area contributed by atoms with Gasteiger partial charge in [0.1, 0.15) is 0 Å². The Hall–Kier alpha value is -3.13. The van der Waals surface area contributed by atoms with Crippen LogP contribution in [0.4, 0.5) is 0 Å². The molecule has 49 heavy (non-hydrogen) atoms. The van der Waals surface area contributed by atoms with Gasteiger partial charge in [0, 0.05) is 46.9 Å². The topological polar surface area (TPSA) is 75.4 Å². The number of Topliss-reactive ketones (excluding diaryl/α,β-unsaturated/α-hetero) is 2. The molecule has 0 fully saturated rings. The molecule has 8 rings (SSSR count). The molecule has 0 bridgehead atoms. The Bertz CT molecular complexity index is 1630. The van der Waals surface area contributed by atoms with E-state index < -0.39 is 0 Å². The summed E-state index contributed by atoms with van der Waals surface area (Å²) < 4.78 is 0. The zero-order valence-electron chi connectivity index (χ0n) is 29.0. The molecule has 0 aliphatic heterocycles. The Kier molecular flexibility index (Phi) is 14.8. The normalized spacial score (nSPS) is 18.5. The fraction of sp³-hybridized carbons (Fsp3) is 0.381. The van der Waals surface area contributed by atoms with Gasteiger partial charge >= 0.3 is 0 Å². The van der Waals surface area contributed by atoms with Crippen molar-refractivity contribution in [1.82, 2.24) is 10.2 Å². The minimum atomic E-state index is 0. The quantitative estimate of drug-likeness (QED) is 0.200. The van der Waals surface area contributed by atoms with Gasteiger partial charge in [-0.2, -0.15) is 0 Å². The van der Waals surface area contributed by atoms with Crippen LogP contribution in [-0.2, 0) is 25.7 Å². The third-order valence-corrected chi connectivity index (χ3v) is 10.7. The highest BCUT2D eigenvalue weighted by Gasteiger charge is 2.32. The molecular formula is C42H51BrClN3O2. The summed E-state index contributed by atoms with van der Waals surface area (Å²) >= 11 is 3.46. The largest absolute Gasteiger partial charge is 0.327 e. The van der Waals surface area contributed by atoms with Gasteiger partial charge in [-0.15, -0.1) is 12.4 Å². The molecule has 4 aliphatic rings. The first-order valence-electron chi connectivity index (χ1n) is 17.6. The van der Waals surface area contributed by atoms with Gasteiger partial charge in [0.05, 0.1) is 0 Å². The maximum absolute atomic E-state index is 12.0. The number of fused-ring (bicyclic) bond motifs is 4. The summed E-state index contributed by atoms with van der Waals surface area (Å²) in [6.45, 7) is 10.1. The monoisotopic (exact) mass is 743 g/mol. The Morgan fingerprint density at radius 2 is 1.02 bits per heavy atom. The highest BCUT2D eigenvalue weighted by molar-refractivity contribution is 9.09. The van der Waals surface area contributed by atoms with E-state index in [1.165, 1.54) is 47.5 Å². The van der Waals surface area contributed by atoms with Crippen LogP contribution in [-0.4, -0.2) is 48.2 Å². The van der Waals surface area contributed by atoms with Crippen LogP contribution < -0.4 is 11.1 Å². The predicted octanol–water partition coefficient (Wildman–Crippen LogP) is 8.66. The van der Waals surface area contributed by atoms with Gasteiger partial charge in [0.2, 0.25) is 0 Å². The molecule has 2 unspecified atom stereocenters. The molecular weight excluding hydrogens is 694 g/mol.